The Balaban J connectivity index is 1.32. The summed E-state index contributed by atoms with van der Waals surface area (Å²) >= 11 is 6.10. The predicted molar refractivity (Wildman–Crippen MR) is 88.1 cm³/mol. The smallest absolute Gasteiger partial charge is 0.0949 e. The minimum Gasteiger partial charge on any atom is -0.360 e. The van der Waals surface area contributed by atoms with Crippen LogP contribution < -0.4 is 9.80 Å². The summed E-state index contributed by atoms with van der Waals surface area (Å²) in [5.41, 5.74) is 1.28. The minimum atomic E-state index is 0.844. The maximum atomic E-state index is 6.10. The maximum Gasteiger partial charge on any atom is 0.0949 e. The molecule has 2 aliphatic carbocycles. The van der Waals surface area contributed by atoms with Crippen molar-refractivity contribution in [2.45, 2.75) is 12.8 Å². The number of benzene rings is 1. The highest BCUT2D eigenvalue weighted by atomic mass is 35.5. The molecule has 3 heteroatoms. The van der Waals surface area contributed by atoms with Crippen molar-refractivity contribution < 1.29 is 4.90 Å². The fourth-order valence-electron chi connectivity index (χ4n) is 4.46. The maximum absolute atomic E-state index is 6.10. The Bertz CT molecular complexity index is 534. The average molecular weight is 304 g/mol. The van der Waals surface area contributed by atoms with Crippen LogP contribution in [0.15, 0.2) is 36.4 Å². The second-order valence-electron chi connectivity index (χ2n) is 6.96. The van der Waals surface area contributed by atoms with E-state index in [-0.39, 0.29) is 0 Å². The Morgan fingerprint density at radius 1 is 1.14 bits per heavy atom. The van der Waals surface area contributed by atoms with Crippen LogP contribution in [0.5, 0.6) is 0 Å². The topological polar surface area (TPSA) is 7.68 Å². The number of anilines is 1. The van der Waals surface area contributed by atoms with Gasteiger partial charge in [0.05, 0.1) is 32.7 Å². The quantitative estimate of drug-likeness (QED) is 0.842. The first-order chi connectivity index (χ1) is 10.3. The third-order valence-electron chi connectivity index (χ3n) is 5.61. The van der Waals surface area contributed by atoms with Crippen molar-refractivity contribution in [2.24, 2.45) is 17.8 Å². The van der Waals surface area contributed by atoms with E-state index in [4.69, 9.17) is 11.6 Å². The molecule has 1 aromatic carbocycles. The number of nitrogens with one attached hydrogen (secondary N) is 1. The molecule has 21 heavy (non-hydrogen) atoms. The van der Waals surface area contributed by atoms with Crippen molar-refractivity contribution in [2.75, 3.05) is 37.6 Å². The molecule has 0 amide bonds. The molecule has 112 valence electrons. The lowest BCUT2D eigenvalue weighted by Crippen LogP contribution is -3.15. The largest absolute Gasteiger partial charge is 0.360 e. The van der Waals surface area contributed by atoms with Crippen LogP contribution in [-0.4, -0.2) is 32.7 Å². The SMILES string of the molecule is Clc1cccc(N2CC[NH+](C[C@H]3C[C@H]4C=C[C@H]3C4)CC2)c1. The number of quaternary nitrogens is 1. The Kier molecular flexibility index (Phi) is 3.68. The highest BCUT2D eigenvalue weighted by Gasteiger charge is 2.38. The van der Waals surface area contributed by atoms with E-state index in [9.17, 15) is 0 Å². The molecule has 4 rings (SSSR count). The van der Waals surface area contributed by atoms with E-state index in [0.29, 0.717) is 0 Å². The van der Waals surface area contributed by atoms with E-state index >= 15 is 0 Å². The van der Waals surface area contributed by atoms with E-state index in [1.807, 2.05) is 6.07 Å². The van der Waals surface area contributed by atoms with Crippen LogP contribution >= 0.6 is 11.6 Å². The molecular weight excluding hydrogens is 280 g/mol. The highest BCUT2D eigenvalue weighted by molar-refractivity contribution is 6.30. The third-order valence-corrected chi connectivity index (χ3v) is 5.85. The van der Waals surface area contributed by atoms with Crippen molar-refractivity contribution in [3.8, 4) is 0 Å². The normalized spacial score (nSPS) is 32.0. The Hall–Kier alpha value is -0.990. The summed E-state index contributed by atoms with van der Waals surface area (Å²) in [6.07, 6.45) is 7.82. The van der Waals surface area contributed by atoms with Crippen LogP contribution in [0.3, 0.4) is 0 Å². The standard InChI is InChI=1S/C18H23ClN2/c19-17-2-1-3-18(12-17)21-8-6-20(7-9-21)13-16-11-14-4-5-15(16)10-14/h1-5,12,14-16H,6-11,13H2/p+1/t14-,15-,16+/m0/s1. The van der Waals surface area contributed by atoms with Gasteiger partial charge in [0.25, 0.3) is 0 Å². The van der Waals surface area contributed by atoms with Crippen molar-refractivity contribution >= 4 is 17.3 Å². The lowest BCUT2D eigenvalue weighted by atomic mass is 9.93. The van der Waals surface area contributed by atoms with Gasteiger partial charge in [-0.25, -0.2) is 0 Å². The van der Waals surface area contributed by atoms with Crippen LogP contribution in [0.1, 0.15) is 12.8 Å². The van der Waals surface area contributed by atoms with Gasteiger partial charge >= 0.3 is 0 Å². The molecule has 3 aliphatic rings. The summed E-state index contributed by atoms with van der Waals surface area (Å²) in [6.45, 7) is 6.24. The molecule has 1 saturated heterocycles. The summed E-state index contributed by atoms with van der Waals surface area (Å²) < 4.78 is 0. The number of fused-ring (bicyclic) bond motifs is 2. The minimum absolute atomic E-state index is 0.844. The molecule has 1 heterocycles. The summed E-state index contributed by atoms with van der Waals surface area (Å²) in [4.78, 5) is 4.29. The monoisotopic (exact) mass is 303 g/mol. The molecule has 0 aromatic heterocycles. The Morgan fingerprint density at radius 3 is 2.67 bits per heavy atom. The number of allylic oxidation sites excluding steroid dienone is 2. The molecule has 1 saturated carbocycles. The Labute approximate surface area is 132 Å². The molecule has 2 fully saturated rings. The summed E-state index contributed by atoms with van der Waals surface area (Å²) in [5.74, 6) is 2.76. The van der Waals surface area contributed by atoms with Crippen LogP contribution in [0.2, 0.25) is 5.02 Å². The second-order valence-corrected chi connectivity index (χ2v) is 7.40. The number of halogens is 1. The number of nitrogens with zero attached hydrogens (tertiary/aromatic N) is 1. The van der Waals surface area contributed by atoms with Crippen molar-refractivity contribution in [3.63, 3.8) is 0 Å². The van der Waals surface area contributed by atoms with Gasteiger partial charge in [0.1, 0.15) is 0 Å². The van der Waals surface area contributed by atoms with Crippen molar-refractivity contribution in [1.82, 2.24) is 0 Å². The van der Waals surface area contributed by atoms with Gasteiger partial charge in [0.15, 0.2) is 0 Å². The zero-order chi connectivity index (χ0) is 14.2. The van der Waals surface area contributed by atoms with Crippen LogP contribution in [0, 0.1) is 17.8 Å². The molecule has 1 aromatic rings. The molecule has 1 N–H and O–H groups in total. The zero-order valence-electron chi connectivity index (χ0n) is 12.5. The van der Waals surface area contributed by atoms with Gasteiger partial charge in [-0.05, 0) is 42.9 Å². The molecule has 3 atom stereocenters. The fourth-order valence-corrected chi connectivity index (χ4v) is 4.64. The van der Waals surface area contributed by atoms with E-state index in [2.05, 4.69) is 35.3 Å². The van der Waals surface area contributed by atoms with Crippen LogP contribution in [0.25, 0.3) is 0 Å². The molecule has 0 unspecified atom stereocenters. The first kappa shape index (κ1) is 13.7. The molecule has 1 aliphatic heterocycles. The Morgan fingerprint density at radius 2 is 2.00 bits per heavy atom. The van der Waals surface area contributed by atoms with Gasteiger partial charge in [0.2, 0.25) is 0 Å². The molecule has 2 bridgehead atoms. The predicted octanol–water partition coefficient (Wildman–Crippen LogP) is 2.26. The lowest BCUT2D eigenvalue weighted by Gasteiger charge is -2.35. The van der Waals surface area contributed by atoms with Crippen LogP contribution in [-0.2, 0) is 0 Å². The van der Waals surface area contributed by atoms with E-state index in [1.54, 1.807) is 4.90 Å². The lowest BCUT2D eigenvalue weighted by molar-refractivity contribution is -0.904. The molecule has 0 radical (unpaired) electrons. The first-order valence-electron chi connectivity index (χ1n) is 8.30. The van der Waals surface area contributed by atoms with Gasteiger partial charge in [-0.2, -0.15) is 0 Å². The number of piperazine rings is 1. The van der Waals surface area contributed by atoms with Gasteiger partial charge in [0, 0.05) is 16.6 Å². The molecule has 2 nitrogen and oxygen atoms in total. The van der Waals surface area contributed by atoms with E-state index in [1.165, 1.54) is 38.2 Å². The van der Waals surface area contributed by atoms with Gasteiger partial charge in [-0.15, -0.1) is 0 Å². The van der Waals surface area contributed by atoms with Gasteiger partial charge < -0.3 is 9.80 Å². The van der Waals surface area contributed by atoms with Crippen molar-refractivity contribution in [1.29, 1.82) is 0 Å². The number of hydrogen-bond donors (Lipinski definition) is 1. The second kappa shape index (κ2) is 5.66. The van der Waals surface area contributed by atoms with Gasteiger partial charge in [-0.3, -0.25) is 0 Å². The summed E-state index contributed by atoms with van der Waals surface area (Å²) in [7, 11) is 0. The highest BCUT2D eigenvalue weighted by Crippen LogP contribution is 2.42. The summed E-state index contributed by atoms with van der Waals surface area (Å²) in [6, 6.07) is 8.28. The number of rotatable bonds is 3. The fraction of sp³-hybridized carbons (Fsp3) is 0.556. The first-order valence-corrected chi connectivity index (χ1v) is 8.68. The average Bonchev–Trinajstić information content (AvgIpc) is 3.11. The van der Waals surface area contributed by atoms with E-state index in [0.717, 1.165) is 35.9 Å². The third kappa shape index (κ3) is 2.84. The number of hydrogen-bond acceptors (Lipinski definition) is 1. The van der Waals surface area contributed by atoms with Crippen LogP contribution in [0.4, 0.5) is 5.69 Å². The van der Waals surface area contributed by atoms with Crippen molar-refractivity contribution in [3.05, 3.63) is 41.4 Å². The molecular formula is C18H24ClN2+. The summed E-state index contributed by atoms with van der Waals surface area (Å²) in [5, 5.41) is 0.844. The van der Waals surface area contributed by atoms with E-state index < -0.39 is 0 Å². The van der Waals surface area contributed by atoms with Gasteiger partial charge in [-0.1, -0.05) is 29.8 Å². The molecule has 0 spiro atoms. The zero-order valence-corrected chi connectivity index (χ0v) is 13.2.